The molecule has 0 heterocycles. The van der Waals surface area contributed by atoms with E-state index in [1.807, 2.05) is 0 Å². The van der Waals surface area contributed by atoms with Gasteiger partial charge in [-0.3, -0.25) is 4.99 Å². The highest BCUT2D eigenvalue weighted by molar-refractivity contribution is 5.85. The third-order valence-corrected chi connectivity index (χ3v) is 0.696. The first-order valence-corrected chi connectivity index (χ1v) is 4.47. The molecule has 0 aliphatic carbocycles. The van der Waals surface area contributed by atoms with Crippen molar-refractivity contribution >= 4 is 12.2 Å². The molecule has 0 rings (SSSR count). The molecule has 0 atom stereocenters. The Balaban J connectivity index is 0. The summed E-state index contributed by atoms with van der Waals surface area (Å²) in [7, 11) is 0. The van der Waals surface area contributed by atoms with E-state index in [0.717, 1.165) is 13.0 Å². The summed E-state index contributed by atoms with van der Waals surface area (Å²) in [5.41, 5.74) is 5.23. The fourth-order valence-electron chi connectivity index (χ4n) is 0.319. The van der Waals surface area contributed by atoms with Crippen molar-refractivity contribution in [3.05, 3.63) is 0 Å². The predicted octanol–water partition coefficient (Wildman–Crippen LogP) is 2.22. The van der Waals surface area contributed by atoms with Crippen LogP contribution >= 0.6 is 0 Å². The first kappa shape index (κ1) is 13.7. The summed E-state index contributed by atoms with van der Waals surface area (Å²) >= 11 is 0. The quantitative estimate of drug-likeness (QED) is 0.513. The Morgan fingerprint density at radius 3 is 2.17 bits per heavy atom. The second kappa shape index (κ2) is 12.8. The van der Waals surface area contributed by atoms with Gasteiger partial charge in [0.25, 0.3) is 0 Å². The second-order valence-corrected chi connectivity index (χ2v) is 2.50. The number of hydrogen-bond acceptors (Lipinski definition) is 1. The number of rotatable bonds is 3. The molecule has 3 heteroatoms. The molecule has 0 bridgehead atoms. The smallest absolute Gasteiger partial charge is 0.111 e. The van der Waals surface area contributed by atoms with E-state index in [0.29, 0.717) is 5.84 Å². The van der Waals surface area contributed by atoms with Crippen LogP contribution in [0, 0.1) is 0 Å². The summed E-state index contributed by atoms with van der Waals surface area (Å²) in [6, 6.07) is 0. The monoisotopic (exact) mass is 171 g/mol. The van der Waals surface area contributed by atoms with Gasteiger partial charge in [-0.05, 0) is 13.3 Å². The molecule has 0 saturated heterocycles. The molecule has 0 aromatic rings. The lowest BCUT2D eigenvalue weighted by molar-refractivity contribution is 0.935. The molecule has 0 fully saturated rings. The van der Waals surface area contributed by atoms with E-state index < -0.39 is 0 Å². The number of aliphatic imine (C=N–C) groups is 2. The van der Waals surface area contributed by atoms with Gasteiger partial charge >= 0.3 is 0 Å². The number of amidine groups is 1. The van der Waals surface area contributed by atoms with Crippen LogP contribution in [0.4, 0.5) is 0 Å². The average molecular weight is 171 g/mol. The van der Waals surface area contributed by atoms with Crippen LogP contribution in [0.5, 0.6) is 0 Å². The van der Waals surface area contributed by atoms with Crippen LogP contribution in [0.25, 0.3) is 0 Å². The minimum Gasteiger partial charge on any atom is -0.387 e. The van der Waals surface area contributed by atoms with Crippen molar-refractivity contribution in [3.63, 3.8) is 0 Å². The van der Waals surface area contributed by atoms with E-state index >= 15 is 0 Å². The Labute approximate surface area is 75.8 Å². The lowest BCUT2D eigenvalue weighted by atomic mass is 10.5. The van der Waals surface area contributed by atoms with E-state index in [1.165, 1.54) is 12.8 Å². The van der Waals surface area contributed by atoms with Crippen molar-refractivity contribution in [3.8, 4) is 0 Å². The van der Waals surface area contributed by atoms with Crippen molar-refractivity contribution in [1.29, 1.82) is 0 Å². The molecule has 0 radical (unpaired) electrons. The normalized spacial score (nSPS) is 11.2. The zero-order valence-electron chi connectivity index (χ0n) is 8.67. The molecule has 0 aliphatic heterocycles. The minimum absolute atomic E-state index is 0.551. The lowest BCUT2D eigenvalue weighted by Gasteiger charge is -1.83. The highest BCUT2D eigenvalue weighted by atomic mass is 14.9. The van der Waals surface area contributed by atoms with Crippen molar-refractivity contribution in [2.45, 2.75) is 40.5 Å². The SMILES string of the molecule is CCC.CCCN=CN=C(C)N. The largest absolute Gasteiger partial charge is 0.387 e. The molecule has 12 heavy (non-hydrogen) atoms. The lowest BCUT2D eigenvalue weighted by Crippen LogP contribution is -2.04. The average Bonchev–Trinajstić information content (AvgIpc) is 1.99. The molecule has 0 aliphatic rings. The molecule has 0 aromatic heterocycles. The Morgan fingerprint density at radius 2 is 1.83 bits per heavy atom. The van der Waals surface area contributed by atoms with Crippen LogP contribution in [0.3, 0.4) is 0 Å². The fourth-order valence-corrected chi connectivity index (χ4v) is 0.319. The molecule has 2 N–H and O–H groups in total. The van der Waals surface area contributed by atoms with Crippen molar-refractivity contribution < 1.29 is 0 Å². The summed E-state index contributed by atoms with van der Waals surface area (Å²) in [6.07, 6.45) is 3.80. The summed E-state index contributed by atoms with van der Waals surface area (Å²) < 4.78 is 0. The maximum atomic E-state index is 5.23. The number of hydrogen-bond donors (Lipinski definition) is 1. The van der Waals surface area contributed by atoms with Crippen LogP contribution in [0.1, 0.15) is 40.5 Å². The van der Waals surface area contributed by atoms with Crippen LogP contribution in [-0.2, 0) is 0 Å². The molecule has 0 amide bonds. The van der Waals surface area contributed by atoms with Crippen molar-refractivity contribution in [2.24, 2.45) is 15.7 Å². The van der Waals surface area contributed by atoms with Gasteiger partial charge in [-0.1, -0.05) is 27.2 Å². The summed E-state index contributed by atoms with van der Waals surface area (Å²) in [5.74, 6) is 0.551. The van der Waals surface area contributed by atoms with Crippen LogP contribution in [0.2, 0.25) is 0 Å². The number of nitrogens with zero attached hydrogens (tertiary/aromatic N) is 2. The van der Waals surface area contributed by atoms with Gasteiger partial charge in [0.1, 0.15) is 6.34 Å². The molecule has 3 nitrogen and oxygen atoms in total. The van der Waals surface area contributed by atoms with E-state index in [4.69, 9.17) is 5.73 Å². The first-order chi connectivity index (χ1) is 5.68. The Bertz CT molecular complexity index is 124. The third kappa shape index (κ3) is 22.9. The zero-order chi connectivity index (χ0) is 9.82. The minimum atomic E-state index is 0.551. The molecule has 0 spiro atoms. The van der Waals surface area contributed by atoms with Gasteiger partial charge in [0.05, 0.1) is 5.84 Å². The molecular weight excluding hydrogens is 150 g/mol. The topological polar surface area (TPSA) is 50.7 Å². The summed E-state index contributed by atoms with van der Waals surface area (Å²) in [6.45, 7) is 8.88. The third-order valence-electron chi connectivity index (χ3n) is 0.696. The van der Waals surface area contributed by atoms with Crippen LogP contribution in [-0.4, -0.2) is 18.7 Å². The Kier molecular flexibility index (Phi) is 14.6. The molecule has 72 valence electrons. The maximum Gasteiger partial charge on any atom is 0.111 e. The fraction of sp³-hybridized carbons (Fsp3) is 0.778. The van der Waals surface area contributed by atoms with Gasteiger partial charge in [0, 0.05) is 6.54 Å². The zero-order valence-corrected chi connectivity index (χ0v) is 8.67. The predicted molar refractivity (Wildman–Crippen MR) is 56.9 cm³/mol. The van der Waals surface area contributed by atoms with E-state index in [-0.39, 0.29) is 0 Å². The van der Waals surface area contributed by atoms with Crippen LogP contribution < -0.4 is 5.73 Å². The van der Waals surface area contributed by atoms with Gasteiger partial charge in [0.15, 0.2) is 0 Å². The molecule has 0 unspecified atom stereocenters. The van der Waals surface area contributed by atoms with Crippen molar-refractivity contribution in [1.82, 2.24) is 0 Å². The van der Waals surface area contributed by atoms with Crippen LogP contribution in [0.15, 0.2) is 9.98 Å². The van der Waals surface area contributed by atoms with Gasteiger partial charge in [-0.2, -0.15) is 0 Å². The van der Waals surface area contributed by atoms with E-state index in [9.17, 15) is 0 Å². The van der Waals surface area contributed by atoms with Gasteiger partial charge in [0.2, 0.25) is 0 Å². The molecule has 0 aromatic carbocycles. The Morgan fingerprint density at radius 1 is 1.33 bits per heavy atom. The maximum absolute atomic E-state index is 5.23. The van der Waals surface area contributed by atoms with Gasteiger partial charge in [-0.15, -0.1) is 0 Å². The summed E-state index contributed by atoms with van der Waals surface area (Å²) in [5, 5.41) is 0. The molecule has 0 saturated carbocycles. The number of nitrogens with two attached hydrogens (primary N) is 1. The molecular formula is C9H21N3. The second-order valence-electron chi connectivity index (χ2n) is 2.50. The van der Waals surface area contributed by atoms with Gasteiger partial charge in [-0.25, -0.2) is 4.99 Å². The van der Waals surface area contributed by atoms with E-state index in [2.05, 4.69) is 30.8 Å². The van der Waals surface area contributed by atoms with E-state index in [1.54, 1.807) is 6.92 Å². The standard InChI is InChI=1S/C6H13N3.C3H8/c1-3-4-8-5-9-6(2)7;1-3-2/h5H,3-4H2,1-2H3,(H2,7,8,9);3H2,1-2H3. The highest BCUT2D eigenvalue weighted by Gasteiger charge is 1.72. The van der Waals surface area contributed by atoms with Crippen molar-refractivity contribution in [2.75, 3.05) is 6.54 Å². The highest BCUT2D eigenvalue weighted by Crippen LogP contribution is 1.74. The van der Waals surface area contributed by atoms with Gasteiger partial charge < -0.3 is 5.73 Å². The Hall–Kier alpha value is -0.860. The summed E-state index contributed by atoms with van der Waals surface area (Å²) in [4.78, 5) is 7.70. The first-order valence-electron chi connectivity index (χ1n) is 4.47.